The van der Waals surface area contributed by atoms with Crippen LogP contribution >= 0.6 is 27.7 Å². The van der Waals surface area contributed by atoms with Crippen LogP contribution in [0.5, 0.6) is 5.75 Å². The van der Waals surface area contributed by atoms with Crippen molar-refractivity contribution in [1.29, 1.82) is 0 Å². The molecule has 1 aromatic carbocycles. The minimum atomic E-state index is -0.0706. The summed E-state index contributed by atoms with van der Waals surface area (Å²) >= 11 is 4.73. The van der Waals surface area contributed by atoms with Gasteiger partial charge in [0.2, 0.25) is 0 Å². The van der Waals surface area contributed by atoms with Crippen molar-refractivity contribution in [2.45, 2.75) is 39.8 Å². The number of amides is 1. The number of benzene rings is 1. The molecule has 0 aliphatic carbocycles. The number of hydrogen-bond donors (Lipinski definition) is 1. The zero-order valence-corrected chi connectivity index (χ0v) is 15.4. The lowest BCUT2D eigenvalue weighted by Gasteiger charge is -2.20. The molecular formula is C16H19BrN2O2S. The molecule has 1 fully saturated rings. The summed E-state index contributed by atoms with van der Waals surface area (Å²) < 4.78 is 0.851. The van der Waals surface area contributed by atoms with Gasteiger partial charge in [0.25, 0.3) is 5.91 Å². The van der Waals surface area contributed by atoms with E-state index in [0.29, 0.717) is 10.5 Å². The summed E-state index contributed by atoms with van der Waals surface area (Å²) in [5.41, 5.74) is 0.611. The van der Waals surface area contributed by atoms with E-state index in [4.69, 9.17) is 0 Å². The van der Waals surface area contributed by atoms with E-state index in [9.17, 15) is 9.90 Å². The van der Waals surface area contributed by atoms with Crippen molar-refractivity contribution in [1.82, 2.24) is 4.90 Å². The van der Waals surface area contributed by atoms with E-state index < -0.39 is 0 Å². The molecule has 0 saturated carbocycles. The number of thioether (sulfide) groups is 1. The van der Waals surface area contributed by atoms with E-state index in [1.165, 1.54) is 11.8 Å². The standard InChI is InChI=1S/C16H19BrN2O2S/c1-9(2)18-16-19(10(3)4)15(21)14(22-16)8-11-7-12(17)5-6-13(11)20/h5-10,20H,1-4H3/b14-8+,18-16?. The highest BCUT2D eigenvalue weighted by Gasteiger charge is 2.35. The van der Waals surface area contributed by atoms with Crippen molar-refractivity contribution < 1.29 is 9.90 Å². The summed E-state index contributed by atoms with van der Waals surface area (Å²) in [5.74, 6) is 0.0771. The first-order valence-electron chi connectivity index (χ1n) is 7.09. The average Bonchev–Trinajstić information content (AvgIpc) is 2.69. The maximum atomic E-state index is 12.6. The highest BCUT2D eigenvalue weighted by molar-refractivity contribution is 9.10. The molecule has 22 heavy (non-hydrogen) atoms. The average molecular weight is 383 g/mol. The fraction of sp³-hybridized carbons (Fsp3) is 0.375. The molecule has 4 nitrogen and oxygen atoms in total. The molecule has 0 radical (unpaired) electrons. The molecule has 0 bridgehead atoms. The number of amidine groups is 1. The summed E-state index contributed by atoms with van der Waals surface area (Å²) in [5, 5.41) is 10.7. The van der Waals surface area contributed by atoms with Crippen LogP contribution in [0, 0.1) is 0 Å². The zero-order chi connectivity index (χ0) is 16.4. The van der Waals surface area contributed by atoms with Crippen molar-refractivity contribution in [3.63, 3.8) is 0 Å². The Labute approximate surface area is 143 Å². The first kappa shape index (κ1) is 17.1. The van der Waals surface area contributed by atoms with Crippen LogP contribution < -0.4 is 0 Å². The zero-order valence-electron chi connectivity index (χ0n) is 13.0. The Morgan fingerprint density at radius 2 is 2.00 bits per heavy atom. The van der Waals surface area contributed by atoms with Crippen molar-refractivity contribution in [3.05, 3.63) is 33.1 Å². The molecule has 0 spiro atoms. The van der Waals surface area contributed by atoms with Gasteiger partial charge in [0.05, 0.1) is 4.91 Å². The molecule has 0 atom stereocenters. The topological polar surface area (TPSA) is 52.9 Å². The molecule has 0 unspecified atom stereocenters. The number of phenolic OH excluding ortho intramolecular Hbond substituents is 1. The van der Waals surface area contributed by atoms with E-state index in [2.05, 4.69) is 20.9 Å². The number of hydrogen-bond acceptors (Lipinski definition) is 4. The summed E-state index contributed by atoms with van der Waals surface area (Å²) in [7, 11) is 0. The van der Waals surface area contributed by atoms with Crippen LogP contribution in [0.1, 0.15) is 33.3 Å². The Balaban J connectivity index is 2.42. The third-order valence-corrected chi connectivity index (χ3v) is 4.49. The van der Waals surface area contributed by atoms with E-state index in [1.54, 1.807) is 29.2 Å². The monoisotopic (exact) mass is 382 g/mol. The fourth-order valence-electron chi connectivity index (χ4n) is 2.04. The SMILES string of the molecule is CC(C)N=C1S/C(=C/c2cc(Br)ccc2O)C(=O)N1C(C)C. The minimum Gasteiger partial charge on any atom is -0.507 e. The number of rotatable bonds is 3. The number of aromatic hydroxyl groups is 1. The maximum Gasteiger partial charge on any atom is 0.266 e. The number of carbonyl (C=O) groups excluding carboxylic acids is 1. The number of phenols is 1. The van der Waals surface area contributed by atoms with Crippen molar-refractivity contribution in [2.75, 3.05) is 0 Å². The molecule has 118 valence electrons. The van der Waals surface area contributed by atoms with E-state index >= 15 is 0 Å². The van der Waals surface area contributed by atoms with E-state index in [1.807, 2.05) is 27.7 Å². The number of halogens is 1. The first-order chi connectivity index (χ1) is 10.3. The highest BCUT2D eigenvalue weighted by Crippen LogP contribution is 2.36. The predicted molar refractivity (Wildman–Crippen MR) is 95.9 cm³/mol. The molecule has 1 N–H and O–H groups in total. The lowest BCUT2D eigenvalue weighted by Crippen LogP contribution is -2.35. The minimum absolute atomic E-state index is 0.0412. The van der Waals surface area contributed by atoms with Gasteiger partial charge in [0.1, 0.15) is 5.75 Å². The van der Waals surface area contributed by atoms with Gasteiger partial charge in [-0.2, -0.15) is 0 Å². The fourth-order valence-corrected chi connectivity index (χ4v) is 3.64. The van der Waals surface area contributed by atoms with E-state index in [0.717, 1.165) is 9.64 Å². The van der Waals surface area contributed by atoms with Crippen molar-refractivity contribution in [3.8, 4) is 5.75 Å². The van der Waals surface area contributed by atoms with Gasteiger partial charge in [0.15, 0.2) is 5.17 Å². The van der Waals surface area contributed by atoms with Gasteiger partial charge in [-0.05, 0) is 63.7 Å². The van der Waals surface area contributed by atoms with Crippen LogP contribution in [-0.4, -0.2) is 33.2 Å². The van der Waals surface area contributed by atoms with E-state index in [-0.39, 0.29) is 23.7 Å². The smallest absolute Gasteiger partial charge is 0.266 e. The molecule has 1 aromatic rings. The lowest BCUT2D eigenvalue weighted by atomic mass is 10.2. The van der Waals surface area contributed by atoms with Gasteiger partial charge in [-0.1, -0.05) is 15.9 Å². The van der Waals surface area contributed by atoms with Crippen LogP contribution in [0.25, 0.3) is 6.08 Å². The lowest BCUT2D eigenvalue weighted by molar-refractivity contribution is -0.123. The summed E-state index contributed by atoms with van der Waals surface area (Å²) in [6, 6.07) is 5.30. The quantitative estimate of drug-likeness (QED) is 0.795. The highest BCUT2D eigenvalue weighted by atomic mass is 79.9. The van der Waals surface area contributed by atoms with Gasteiger partial charge in [-0.3, -0.25) is 14.7 Å². The summed E-state index contributed by atoms with van der Waals surface area (Å²) in [6.45, 7) is 7.90. The first-order valence-corrected chi connectivity index (χ1v) is 8.70. The van der Waals surface area contributed by atoms with Crippen LogP contribution in [0.4, 0.5) is 0 Å². The second-order valence-electron chi connectivity index (χ2n) is 5.59. The van der Waals surface area contributed by atoms with Gasteiger partial charge in [-0.25, -0.2) is 0 Å². The molecule has 1 amide bonds. The molecule has 1 heterocycles. The largest absolute Gasteiger partial charge is 0.507 e. The van der Waals surface area contributed by atoms with Crippen LogP contribution in [0.15, 0.2) is 32.6 Å². The van der Waals surface area contributed by atoms with Crippen LogP contribution in [-0.2, 0) is 4.79 Å². The van der Waals surface area contributed by atoms with Crippen LogP contribution in [0.3, 0.4) is 0 Å². The Morgan fingerprint density at radius 1 is 1.32 bits per heavy atom. The van der Waals surface area contributed by atoms with Crippen molar-refractivity contribution in [2.24, 2.45) is 4.99 Å². The molecule has 1 aliphatic rings. The second-order valence-corrected chi connectivity index (χ2v) is 7.51. The third kappa shape index (κ3) is 3.73. The van der Waals surface area contributed by atoms with Gasteiger partial charge >= 0.3 is 0 Å². The summed E-state index contributed by atoms with van der Waals surface area (Å²) in [4.78, 5) is 19.4. The number of aliphatic imine (C=N–C) groups is 1. The number of nitrogens with zero attached hydrogens (tertiary/aromatic N) is 2. The molecular weight excluding hydrogens is 364 g/mol. The van der Waals surface area contributed by atoms with Crippen molar-refractivity contribution >= 4 is 44.8 Å². The Bertz CT molecular complexity index is 654. The molecule has 2 rings (SSSR count). The van der Waals surface area contributed by atoms with Gasteiger partial charge < -0.3 is 5.11 Å². The molecule has 0 aromatic heterocycles. The molecule has 1 saturated heterocycles. The normalized spacial score (nSPS) is 19.2. The molecule has 1 aliphatic heterocycles. The van der Waals surface area contributed by atoms with Gasteiger partial charge in [-0.15, -0.1) is 0 Å². The Morgan fingerprint density at radius 3 is 2.59 bits per heavy atom. The predicted octanol–water partition coefficient (Wildman–Crippen LogP) is 4.24. The second kappa shape index (κ2) is 6.87. The maximum absolute atomic E-state index is 12.6. The van der Waals surface area contributed by atoms with Crippen LogP contribution in [0.2, 0.25) is 0 Å². The molecule has 6 heteroatoms. The summed E-state index contributed by atoms with van der Waals surface area (Å²) in [6.07, 6.45) is 1.71. The Hall–Kier alpha value is -1.27. The number of carbonyl (C=O) groups is 1. The Kier molecular flexibility index (Phi) is 5.34. The third-order valence-electron chi connectivity index (χ3n) is 3.00. The van der Waals surface area contributed by atoms with Gasteiger partial charge in [0, 0.05) is 22.1 Å².